The monoisotopic (exact) mass is 262 g/mol. The van der Waals surface area contributed by atoms with E-state index in [2.05, 4.69) is 10.2 Å². The Morgan fingerprint density at radius 2 is 1.79 bits per heavy atom. The summed E-state index contributed by atoms with van der Waals surface area (Å²) in [6, 6.07) is 8.90. The van der Waals surface area contributed by atoms with Gasteiger partial charge in [-0.05, 0) is 33.5 Å². The van der Waals surface area contributed by atoms with E-state index in [0.29, 0.717) is 12.1 Å². The van der Waals surface area contributed by atoms with Crippen LogP contribution in [0.2, 0.25) is 0 Å². The lowest BCUT2D eigenvalue weighted by Crippen LogP contribution is -2.27. The minimum Gasteiger partial charge on any atom is -0.356 e. The van der Waals surface area contributed by atoms with Gasteiger partial charge in [0.25, 0.3) is 0 Å². The van der Waals surface area contributed by atoms with Crippen LogP contribution in [0.1, 0.15) is 29.6 Å². The first kappa shape index (κ1) is 15.4. The van der Waals surface area contributed by atoms with Crippen LogP contribution in [-0.4, -0.2) is 43.8 Å². The second kappa shape index (κ2) is 8.43. The van der Waals surface area contributed by atoms with Crippen molar-refractivity contribution >= 4 is 11.7 Å². The summed E-state index contributed by atoms with van der Waals surface area (Å²) in [5.41, 5.74) is 0.588. The van der Waals surface area contributed by atoms with E-state index in [1.54, 1.807) is 24.3 Å². The molecule has 1 rings (SSSR count). The SMILES string of the molecule is CN(C)CCCCNC(=O)CC(=O)c1ccccc1. The first-order chi connectivity index (χ1) is 9.09. The van der Waals surface area contributed by atoms with Crippen LogP contribution >= 0.6 is 0 Å². The Balaban J connectivity index is 2.19. The summed E-state index contributed by atoms with van der Waals surface area (Å²) in [7, 11) is 4.05. The van der Waals surface area contributed by atoms with Gasteiger partial charge in [-0.15, -0.1) is 0 Å². The van der Waals surface area contributed by atoms with Gasteiger partial charge < -0.3 is 10.2 Å². The van der Waals surface area contributed by atoms with E-state index < -0.39 is 0 Å². The molecule has 1 aromatic rings. The summed E-state index contributed by atoms with van der Waals surface area (Å²) >= 11 is 0. The topological polar surface area (TPSA) is 49.4 Å². The largest absolute Gasteiger partial charge is 0.356 e. The molecule has 0 unspecified atom stereocenters. The Morgan fingerprint density at radius 1 is 1.11 bits per heavy atom. The van der Waals surface area contributed by atoms with E-state index in [1.165, 1.54) is 0 Å². The van der Waals surface area contributed by atoms with Crippen LogP contribution in [0.5, 0.6) is 0 Å². The third-order valence-electron chi connectivity index (χ3n) is 2.77. The van der Waals surface area contributed by atoms with Crippen molar-refractivity contribution in [2.75, 3.05) is 27.2 Å². The average Bonchev–Trinajstić information content (AvgIpc) is 2.39. The molecule has 1 amide bonds. The summed E-state index contributed by atoms with van der Waals surface area (Å²) in [5, 5.41) is 2.78. The summed E-state index contributed by atoms with van der Waals surface area (Å²) in [6.07, 6.45) is 1.90. The maximum absolute atomic E-state index is 11.8. The highest BCUT2D eigenvalue weighted by Gasteiger charge is 2.10. The quantitative estimate of drug-likeness (QED) is 0.441. The van der Waals surface area contributed by atoms with E-state index in [0.717, 1.165) is 19.4 Å². The summed E-state index contributed by atoms with van der Waals surface area (Å²) < 4.78 is 0. The lowest BCUT2D eigenvalue weighted by atomic mass is 10.1. The van der Waals surface area contributed by atoms with Gasteiger partial charge in [-0.2, -0.15) is 0 Å². The predicted molar refractivity (Wildman–Crippen MR) is 76.2 cm³/mol. The molecule has 0 atom stereocenters. The third-order valence-corrected chi connectivity index (χ3v) is 2.77. The number of nitrogens with zero attached hydrogens (tertiary/aromatic N) is 1. The fourth-order valence-corrected chi connectivity index (χ4v) is 1.72. The molecule has 0 saturated carbocycles. The van der Waals surface area contributed by atoms with E-state index in [9.17, 15) is 9.59 Å². The van der Waals surface area contributed by atoms with Crippen molar-refractivity contribution < 1.29 is 9.59 Å². The number of benzene rings is 1. The average molecular weight is 262 g/mol. The van der Waals surface area contributed by atoms with Crippen LogP contribution in [0.4, 0.5) is 0 Å². The Morgan fingerprint density at radius 3 is 2.42 bits per heavy atom. The van der Waals surface area contributed by atoms with Gasteiger partial charge in [0.15, 0.2) is 5.78 Å². The molecule has 0 heterocycles. The van der Waals surface area contributed by atoms with Crippen molar-refractivity contribution in [3.8, 4) is 0 Å². The molecule has 0 aromatic heterocycles. The van der Waals surface area contributed by atoms with E-state index in [4.69, 9.17) is 0 Å². The van der Waals surface area contributed by atoms with Gasteiger partial charge in [-0.3, -0.25) is 9.59 Å². The first-order valence-electron chi connectivity index (χ1n) is 6.59. The Kier molecular flexibility index (Phi) is 6.82. The van der Waals surface area contributed by atoms with Gasteiger partial charge in [-0.1, -0.05) is 30.3 Å². The summed E-state index contributed by atoms with van der Waals surface area (Å²) in [6.45, 7) is 1.65. The van der Waals surface area contributed by atoms with Gasteiger partial charge in [0.1, 0.15) is 0 Å². The third kappa shape index (κ3) is 6.72. The maximum Gasteiger partial charge on any atom is 0.227 e. The molecule has 0 aliphatic rings. The normalized spacial score (nSPS) is 10.5. The first-order valence-corrected chi connectivity index (χ1v) is 6.59. The highest BCUT2D eigenvalue weighted by atomic mass is 16.2. The lowest BCUT2D eigenvalue weighted by molar-refractivity contribution is -0.120. The number of rotatable bonds is 8. The number of hydrogen-bond acceptors (Lipinski definition) is 3. The molecule has 0 fully saturated rings. The van der Waals surface area contributed by atoms with E-state index >= 15 is 0 Å². The molecular formula is C15H22N2O2. The Labute approximate surface area is 114 Å². The molecule has 0 bridgehead atoms. The van der Waals surface area contributed by atoms with Gasteiger partial charge in [-0.25, -0.2) is 0 Å². The van der Waals surface area contributed by atoms with E-state index in [-0.39, 0.29) is 18.1 Å². The Hall–Kier alpha value is -1.68. The Bertz CT molecular complexity index is 402. The van der Waals surface area contributed by atoms with Crippen molar-refractivity contribution in [3.63, 3.8) is 0 Å². The molecule has 0 radical (unpaired) electrons. The maximum atomic E-state index is 11.8. The van der Waals surface area contributed by atoms with Crippen LogP contribution in [0.25, 0.3) is 0 Å². The minimum atomic E-state index is -0.196. The molecule has 0 aliphatic carbocycles. The fraction of sp³-hybridized carbons (Fsp3) is 0.467. The zero-order chi connectivity index (χ0) is 14.1. The van der Waals surface area contributed by atoms with Crippen molar-refractivity contribution in [1.82, 2.24) is 10.2 Å². The van der Waals surface area contributed by atoms with Crippen molar-refractivity contribution in [2.45, 2.75) is 19.3 Å². The van der Waals surface area contributed by atoms with Crippen LogP contribution in [-0.2, 0) is 4.79 Å². The van der Waals surface area contributed by atoms with Crippen LogP contribution in [0, 0.1) is 0 Å². The van der Waals surface area contributed by atoms with Gasteiger partial charge in [0, 0.05) is 12.1 Å². The zero-order valence-electron chi connectivity index (χ0n) is 11.7. The van der Waals surface area contributed by atoms with Crippen molar-refractivity contribution in [1.29, 1.82) is 0 Å². The molecule has 1 N–H and O–H groups in total. The summed E-state index contributed by atoms with van der Waals surface area (Å²) in [4.78, 5) is 25.5. The highest BCUT2D eigenvalue weighted by Crippen LogP contribution is 2.02. The summed E-state index contributed by atoms with van der Waals surface area (Å²) in [5.74, 6) is -0.329. The molecule has 0 aliphatic heterocycles. The van der Waals surface area contributed by atoms with Gasteiger partial charge in [0.2, 0.25) is 5.91 Å². The fourth-order valence-electron chi connectivity index (χ4n) is 1.72. The molecule has 19 heavy (non-hydrogen) atoms. The predicted octanol–water partition coefficient (Wildman–Crippen LogP) is 1.72. The number of nitrogens with one attached hydrogen (secondary N) is 1. The lowest BCUT2D eigenvalue weighted by Gasteiger charge is -2.09. The van der Waals surface area contributed by atoms with Crippen molar-refractivity contribution in [2.24, 2.45) is 0 Å². The molecule has 4 heteroatoms. The van der Waals surface area contributed by atoms with Crippen molar-refractivity contribution in [3.05, 3.63) is 35.9 Å². The van der Waals surface area contributed by atoms with E-state index in [1.807, 2.05) is 20.2 Å². The van der Waals surface area contributed by atoms with Crippen LogP contribution < -0.4 is 5.32 Å². The minimum absolute atomic E-state index is 0.0717. The number of Topliss-reactive ketones (excluding diaryl/α,β-unsaturated/α-hetero) is 1. The molecular weight excluding hydrogens is 240 g/mol. The second-order valence-corrected chi connectivity index (χ2v) is 4.83. The molecule has 0 spiro atoms. The second-order valence-electron chi connectivity index (χ2n) is 4.83. The standard InChI is InChI=1S/C15H22N2O2/c1-17(2)11-7-6-10-16-15(19)12-14(18)13-8-4-3-5-9-13/h3-5,8-9H,6-7,10-12H2,1-2H3,(H,16,19). The smallest absolute Gasteiger partial charge is 0.227 e. The van der Waals surface area contributed by atoms with Crippen LogP contribution in [0.3, 0.4) is 0 Å². The molecule has 0 saturated heterocycles. The molecule has 104 valence electrons. The van der Waals surface area contributed by atoms with Gasteiger partial charge >= 0.3 is 0 Å². The number of ketones is 1. The molecule has 4 nitrogen and oxygen atoms in total. The number of carbonyl (C=O) groups excluding carboxylic acids is 2. The van der Waals surface area contributed by atoms with Crippen LogP contribution in [0.15, 0.2) is 30.3 Å². The number of carbonyl (C=O) groups is 2. The number of unbranched alkanes of at least 4 members (excludes halogenated alkanes) is 1. The highest BCUT2D eigenvalue weighted by molar-refractivity contribution is 6.07. The van der Waals surface area contributed by atoms with Gasteiger partial charge in [0.05, 0.1) is 6.42 Å². The molecule has 1 aromatic carbocycles. The zero-order valence-corrected chi connectivity index (χ0v) is 11.7. The number of hydrogen-bond donors (Lipinski definition) is 1. The number of amides is 1.